The van der Waals surface area contributed by atoms with Crippen molar-refractivity contribution in [3.8, 4) is 6.07 Å². The fourth-order valence-corrected chi connectivity index (χ4v) is 1.95. The minimum Gasteiger partial charge on any atom is -0.354 e. The Morgan fingerprint density at radius 1 is 1.69 bits per heavy atom. The summed E-state index contributed by atoms with van der Waals surface area (Å²) in [6.45, 7) is 4.12. The summed E-state index contributed by atoms with van der Waals surface area (Å²) in [6, 6.07) is 6.10. The van der Waals surface area contributed by atoms with Gasteiger partial charge in [-0.1, -0.05) is 13.0 Å². The summed E-state index contributed by atoms with van der Waals surface area (Å²) in [6.07, 6.45) is 1.36. The summed E-state index contributed by atoms with van der Waals surface area (Å²) in [5, 5.41) is 13.8. The molecule has 0 bridgehead atoms. The summed E-state index contributed by atoms with van der Waals surface area (Å²) in [5.74, 6) is -0.172. The van der Waals surface area contributed by atoms with E-state index in [0.717, 1.165) is 6.42 Å². The van der Waals surface area contributed by atoms with Crippen LogP contribution in [0.4, 0.5) is 0 Å². The number of carbonyl (C=O) groups is 1. The molecule has 0 radical (unpaired) electrons. The van der Waals surface area contributed by atoms with Gasteiger partial charge in [0.25, 0.3) is 0 Å². The molecule has 1 unspecified atom stereocenters. The summed E-state index contributed by atoms with van der Waals surface area (Å²) < 4.78 is 0. The first-order valence-electron chi connectivity index (χ1n) is 5.34. The predicted octanol–water partition coefficient (Wildman–Crippen LogP) is 2.35. The van der Waals surface area contributed by atoms with Crippen LogP contribution in [0.25, 0.3) is 0 Å². The lowest BCUT2D eigenvalue weighted by Gasteiger charge is -2.18. The Balaban J connectivity index is 2.39. The van der Waals surface area contributed by atoms with Crippen molar-refractivity contribution in [3.05, 3.63) is 22.4 Å². The fraction of sp³-hybridized carbons (Fsp3) is 0.500. The molecule has 3 nitrogen and oxygen atoms in total. The number of thiophene rings is 1. The molecule has 1 aromatic heterocycles. The molecule has 4 heteroatoms. The molecule has 0 aliphatic carbocycles. The zero-order valence-corrected chi connectivity index (χ0v) is 10.4. The van der Waals surface area contributed by atoms with Crippen LogP contribution in [0.1, 0.15) is 25.1 Å². The second-order valence-corrected chi connectivity index (χ2v) is 4.91. The standard InChI is InChI=1S/C12H16N2OS/c1-3-12(2,9-13)11(15)14-7-6-10-5-4-8-16-10/h4-5,8H,3,6-7H2,1-2H3,(H,14,15). The summed E-state index contributed by atoms with van der Waals surface area (Å²) >= 11 is 1.68. The molecular weight excluding hydrogens is 220 g/mol. The van der Waals surface area contributed by atoms with Gasteiger partial charge in [-0.3, -0.25) is 4.79 Å². The molecule has 0 spiro atoms. The zero-order chi connectivity index (χ0) is 12.0. The molecule has 1 atom stereocenters. The number of nitrogens with one attached hydrogen (secondary N) is 1. The van der Waals surface area contributed by atoms with E-state index in [4.69, 9.17) is 5.26 Å². The van der Waals surface area contributed by atoms with Crippen molar-refractivity contribution in [1.82, 2.24) is 5.32 Å². The summed E-state index contributed by atoms with van der Waals surface area (Å²) in [7, 11) is 0. The minimum atomic E-state index is -0.893. The van der Waals surface area contributed by atoms with Crippen LogP contribution in [0.2, 0.25) is 0 Å². The molecule has 1 aromatic rings. The first kappa shape index (κ1) is 12.7. The molecule has 0 aliphatic rings. The Hall–Kier alpha value is -1.34. The zero-order valence-electron chi connectivity index (χ0n) is 9.62. The Kier molecular flexibility index (Phi) is 4.51. The van der Waals surface area contributed by atoms with Gasteiger partial charge in [-0.2, -0.15) is 5.26 Å². The van der Waals surface area contributed by atoms with E-state index in [1.165, 1.54) is 4.88 Å². The van der Waals surface area contributed by atoms with Gasteiger partial charge >= 0.3 is 0 Å². The second kappa shape index (κ2) is 5.66. The molecule has 1 rings (SSSR count). The van der Waals surface area contributed by atoms with Crippen molar-refractivity contribution in [2.75, 3.05) is 6.54 Å². The maximum absolute atomic E-state index is 11.7. The van der Waals surface area contributed by atoms with Gasteiger partial charge < -0.3 is 5.32 Å². The molecule has 86 valence electrons. The first-order chi connectivity index (χ1) is 7.62. The molecular formula is C12H16N2OS. The van der Waals surface area contributed by atoms with Crippen molar-refractivity contribution in [3.63, 3.8) is 0 Å². The highest BCUT2D eigenvalue weighted by molar-refractivity contribution is 7.09. The van der Waals surface area contributed by atoms with Crippen molar-refractivity contribution < 1.29 is 4.79 Å². The van der Waals surface area contributed by atoms with E-state index in [0.29, 0.717) is 13.0 Å². The molecule has 16 heavy (non-hydrogen) atoms. The van der Waals surface area contributed by atoms with Gasteiger partial charge in [0.1, 0.15) is 5.41 Å². The number of hydrogen-bond donors (Lipinski definition) is 1. The van der Waals surface area contributed by atoms with E-state index in [9.17, 15) is 4.79 Å². The number of nitriles is 1. The van der Waals surface area contributed by atoms with Crippen LogP contribution in [0.5, 0.6) is 0 Å². The number of rotatable bonds is 5. The molecule has 0 fully saturated rings. The van der Waals surface area contributed by atoms with E-state index >= 15 is 0 Å². The Labute approximate surface area is 100 Å². The summed E-state index contributed by atoms with van der Waals surface area (Å²) in [4.78, 5) is 13.0. The first-order valence-corrected chi connectivity index (χ1v) is 6.22. The third kappa shape index (κ3) is 3.07. The van der Waals surface area contributed by atoms with Gasteiger partial charge in [-0.15, -0.1) is 11.3 Å². The van der Waals surface area contributed by atoms with Crippen LogP contribution in [0, 0.1) is 16.7 Å². The van der Waals surface area contributed by atoms with Crippen molar-refractivity contribution in [1.29, 1.82) is 5.26 Å². The minimum absolute atomic E-state index is 0.172. The second-order valence-electron chi connectivity index (χ2n) is 3.88. The predicted molar refractivity (Wildman–Crippen MR) is 65.0 cm³/mol. The molecule has 0 saturated carbocycles. The average molecular weight is 236 g/mol. The molecule has 1 amide bonds. The monoisotopic (exact) mass is 236 g/mol. The Morgan fingerprint density at radius 3 is 2.94 bits per heavy atom. The van der Waals surface area contributed by atoms with E-state index in [2.05, 4.69) is 11.4 Å². The topological polar surface area (TPSA) is 52.9 Å². The average Bonchev–Trinajstić information content (AvgIpc) is 2.80. The van der Waals surface area contributed by atoms with Gasteiger partial charge in [0.05, 0.1) is 6.07 Å². The van der Waals surface area contributed by atoms with Crippen LogP contribution in [-0.2, 0) is 11.2 Å². The highest BCUT2D eigenvalue weighted by Gasteiger charge is 2.30. The van der Waals surface area contributed by atoms with Gasteiger partial charge in [0.2, 0.25) is 5.91 Å². The third-order valence-corrected chi connectivity index (χ3v) is 3.63. The fourth-order valence-electron chi connectivity index (χ4n) is 1.24. The molecule has 0 aliphatic heterocycles. The smallest absolute Gasteiger partial charge is 0.240 e. The van der Waals surface area contributed by atoms with Crippen LogP contribution in [-0.4, -0.2) is 12.5 Å². The lowest BCUT2D eigenvalue weighted by Crippen LogP contribution is -2.38. The van der Waals surface area contributed by atoms with Crippen LogP contribution < -0.4 is 5.32 Å². The Morgan fingerprint density at radius 2 is 2.44 bits per heavy atom. The maximum atomic E-state index is 11.7. The van der Waals surface area contributed by atoms with E-state index in [1.54, 1.807) is 18.3 Å². The van der Waals surface area contributed by atoms with Gasteiger partial charge in [0, 0.05) is 11.4 Å². The largest absolute Gasteiger partial charge is 0.354 e. The number of nitrogens with zero attached hydrogens (tertiary/aromatic N) is 1. The third-order valence-electron chi connectivity index (χ3n) is 2.69. The highest BCUT2D eigenvalue weighted by atomic mass is 32.1. The van der Waals surface area contributed by atoms with Gasteiger partial charge in [0.15, 0.2) is 0 Å². The van der Waals surface area contributed by atoms with Crippen LogP contribution >= 0.6 is 11.3 Å². The number of amides is 1. The lowest BCUT2D eigenvalue weighted by atomic mass is 9.88. The summed E-state index contributed by atoms with van der Waals surface area (Å²) in [5.41, 5.74) is -0.893. The lowest BCUT2D eigenvalue weighted by molar-refractivity contribution is -0.127. The molecule has 1 heterocycles. The quantitative estimate of drug-likeness (QED) is 0.853. The Bertz CT molecular complexity index is 380. The van der Waals surface area contributed by atoms with Gasteiger partial charge in [-0.25, -0.2) is 0 Å². The van der Waals surface area contributed by atoms with E-state index < -0.39 is 5.41 Å². The van der Waals surface area contributed by atoms with Crippen molar-refractivity contribution in [2.45, 2.75) is 26.7 Å². The molecule has 0 aromatic carbocycles. The SMILES string of the molecule is CCC(C)(C#N)C(=O)NCCc1cccs1. The van der Waals surface area contributed by atoms with E-state index in [1.807, 2.05) is 24.4 Å². The van der Waals surface area contributed by atoms with Crippen molar-refractivity contribution >= 4 is 17.2 Å². The van der Waals surface area contributed by atoms with Crippen LogP contribution in [0.15, 0.2) is 17.5 Å². The number of hydrogen-bond acceptors (Lipinski definition) is 3. The highest BCUT2D eigenvalue weighted by Crippen LogP contribution is 2.19. The van der Waals surface area contributed by atoms with E-state index in [-0.39, 0.29) is 5.91 Å². The van der Waals surface area contributed by atoms with Crippen molar-refractivity contribution in [2.24, 2.45) is 5.41 Å². The maximum Gasteiger partial charge on any atom is 0.240 e. The van der Waals surface area contributed by atoms with Crippen LogP contribution in [0.3, 0.4) is 0 Å². The molecule has 0 saturated heterocycles. The van der Waals surface area contributed by atoms with Gasteiger partial charge in [-0.05, 0) is 31.2 Å². The normalized spacial score (nSPS) is 13.8. The molecule has 1 N–H and O–H groups in total. The number of carbonyl (C=O) groups excluding carboxylic acids is 1.